The third kappa shape index (κ3) is 1.73. The molecule has 0 aliphatic carbocycles. The highest BCUT2D eigenvalue weighted by molar-refractivity contribution is 5.38. The fraction of sp³-hybridized carbons (Fsp3) is 0.625. The number of aromatic nitrogens is 2. The minimum atomic E-state index is 0.804. The summed E-state index contributed by atoms with van der Waals surface area (Å²) in [6, 6.07) is 0. The lowest BCUT2D eigenvalue weighted by atomic mass is 10.1. The van der Waals surface area contributed by atoms with Gasteiger partial charge in [-0.3, -0.25) is 4.68 Å². The van der Waals surface area contributed by atoms with E-state index in [0.717, 1.165) is 12.2 Å². The van der Waals surface area contributed by atoms with Crippen LogP contribution >= 0.6 is 0 Å². The first-order chi connectivity index (χ1) is 5.25. The van der Waals surface area contributed by atoms with Gasteiger partial charge >= 0.3 is 0 Å². The average Bonchev–Trinajstić information content (AvgIpc) is 2.31. The summed E-state index contributed by atoms with van der Waals surface area (Å²) in [7, 11) is 1.87. The molecule has 1 aromatic heterocycles. The fourth-order valence-corrected chi connectivity index (χ4v) is 1.05. The maximum atomic E-state index is 5.74. The molecule has 0 radical (unpaired) electrons. The number of nitrogen functional groups attached to an aromatic ring is 1. The monoisotopic (exact) mass is 153 g/mol. The van der Waals surface area contributed by atoms with Crippen molar-refractivity contribution in [2.45, 2.75) is 26.2 Å². The molecular formula is C8H15N3. The third-order valence-corrected chi connectivity index (χ3v) is 1.86. The van der Waals surface area contributed by atoms with E-state index in [0.29, 0.717) is 0 Å². The Labute approximate surface area is 67.2 Å². The molecular weight excluding hydrogens is 138 g/mol. The first kappa shape index (κ1) is 8.11. The van der Waals surface area contributed by atoms with Gasteiger partial charge in [-0.2, -0.15) is 5.10 Å². The van der Waals surface area contributed by atoms with Gasteiger partial charge in [-0.1, -0.05) is 13.3 Å². The predicted octanol–water partition coefficient (Wildman–Crippen LogP) is 1.34. The van der Waals surface area contributed by atoms with Crippen LogP contribution < -0.4 is 5.73 Å². The molecule has 11 heavy (non-hydrogen) atoms. The van der Waals surface area contributed by atoms with E-state index in [1.165, 1.54) is 18.4 Å². The second-order valence-electron chi connectivity index (χ2n) is 2.78. The van der Waals surface area contributed by atoms with Crippen LogP contribution in [-0.4, -0.2) is 9.78 Å². The van der Waals surface area contributed by atoms with Gasteiger partial charge in [0.1, 0.15) is 5.82 Å². The Bertz CT molecular complexity index is 227. The van der Waals surface area contributed by atoms with Crippen molar-refractivity contribution in [2.75, 3.05) is 5.73 Å². The molecule has 0 aliphatic heterocycles. The van der Waals surface area contributed by atoms with Crippen LogP contribution in [0.4, 0.5) is 5.82 Å². The van der Waals surface area contributed by atoms with Crippen LogP contribution in [0.1, 0.15) is 25.3 Å². The molecule has 0 saturated heterocycles. The minimum absolute atomic E-state index is 0.804. The summed E-state index contributed by atoms with van der Waals surface area (Å²) in [4.78, 5) is 0. The first-order valence-electron chi connectivity index (χ1n) is 4.02. The van der Waals surface area contributed by atoms with Gasteiger partial charge in [0, 0.05) is 12.6 Å². The van der Waals surface area contributed by atoms with Crippen LogP contribution in [0.2, 0.25) is 0 Å². The second-order valence-corrected chi connectivity index (χ2v) is 2.78. The van der Waals surface area contributed by atoms with Gasteiger partial charge in [-0.15, -0.1) is 0 Å². The summed E-state index contributed by atoms with van der Waals surface area (Å²) in [5.74, 6) is 0.804. The van der Waals surface area contributed by atoms with Gasteiger partial charge in [0.2, 0.25) is 0 Å². The Kier molecular flexibility index (Phi) is 2.52. The largest absolute Gasteiger partial charge is 0.384 e. The Morgan fingerprint density at radius 3 is 2.82 bits per heavy atom. The number of unbranched alkanes of at least 4 members (excludes halogenated alkanes) is 1. The van der Waals surface area contributed by atoms with E-state index >= 15 is 0 Å². The van der Waals surface area contributed by atoms with E-state index in [4.69, 9.17) is 5.73 Å². The fourth-order valence-electron chi connectivity index (χ4n) is 1.05. The van der Waals surface area contributed by atoms with Crippen molar-refractivity contribution in [3.63, 3.8) is 0 Å². The normalized spacial score (nSPS) is 10.4. The number of anilines is 1. The van der Waals surface area contributed by atoms with Crippen molar-refractivity contribution in [1.82, 2.24) is 9.78 Å². The predicted molar refractivity (Wildman–Crippen MR) is 46.2 cm³/mol. The van der Waals surface area contributed by atoms with E-state index in [9.17, 15) is 0 Å². The molecule has 0 spiro atoms. The minimum Gasteiger partial charge on any atom is -0.384 e. The standard InChI is InChI=1S/C8H15N3/c1-3-4-5-7-6-10-11(2)8(7)9/h6H,3-5,9H2,1-2H3. The molecule has 0 bridgehead atoms. The van der Waals surface area contributed by atoms with Gasteiger partial charge in [-0.05, 0) is 12.8 Å². The summed E-state index contributed by atoms with van der Waals surface area (Å²) in [5.41, 5.74) is 6.92. The van der Waals surface area contributed by atoms with Crippen LogP contribution in [0.25, 0.3) is 0 Å². The van der Waals surface area contributed by atoms with Crippen LogP contribution in [0.3, 0.4) is 0 Å². The molecule has 1 rings (SSSR count). The molecule has 1 heterocycles. The molecule has 0 aliphatic rings. The Balaban J connectivity index is 2.63. The van der Waals surface area contributed by atoms with Crippen LogP contribution in [0.5, 0.6) is 0 Å². The maximum Gasteiger partial charge on any atom is 0.124 e. The van der Waals surface area contributed by atoms with Gasteiger partial charge in [-0.25, -0.2) is 0 Å². The summed E-state index contributed by atoms with van der Waals surface area (Å²) in [5, 5.41) is 4.06. The molecule has 0 aromatic carbocycles. The summed E-state index contributed by atoms with van der Waals surface area (Å²) < 4.78 is 1.71. The average molecular weight is 153 g/mol. The molecule has 62 valence electrons. The number of hydrogen-bond donors (Lipinski definition) is 1. The Morgan fingerprint density at radius 1 is 1.64 bits per heavy atom. The quantitative estimate of drug-likeness (QED) is 0.712. The highest BCUT2D eigenvalue weighted by atomic mass is 15.3. The second kappa shape index (κ2) is 3.42. The number of nitrogens with two attached hydrogens (primary N) is 1. The molecule has 1 aromatic rings. The first-order valence-corrected chi connectivity index (χ1v) is 4.02. The lowest BCUT2D eigenvalue weighted by Gasteiger charge is -1.97. The molecule has 0 saturated carbocycles. The van der Waals surface area contributed by atoms with Crippen LogP contribution in [0.15, 0.2) is 6.20 Å². The third-order valence-electron chi connectivity index (χ3n) is 1.86. The van der Waals surface area contributed by atoms with Crippen molar-refractivity contribution in [3.05, 3.63) is 11.8 Å². The molecule has 0 amide bonds. The number of nitrogens with zero attached hydrogens (tertiary/aromatic N) is 2. The molecule has 3 nitrogen and oxygen atoms in total. The lowest BCUT2D eigenvalue weighted by Crippen LogP contribution is -1.99. The van der Waals surface area contributed by atoms with E-state index < -0.39 is 0 Å². The zero-order chi connectivity index (χ0) is 8.27. The van der Waals surface area contributed by atoms with Crippen molar-refractivity contribution in [2.24, 2.45) is 7.05 Å². The lowest BCUT2D eigenvalue weighted by molar-refractivity contribution is 0.775. The number of aryl methyl sites for hydroxylation is 2. The SMILES string of the molecule is CCCCc1cnn(C)c1N. The highest BCUT2D eigenvalue weighted by Crippen LogP contribution is 2.11. The smallest absolute Gasteiger partial charge is 0.124 e. The molecule has 2 N–H and O–H groups in total. The van der Waals surface area contributed by atoms with E-state index in [2.05, 4.69) is 12.0 Å². The Hall–Kier alpha value is -0.990. The summed E-state index contributed by atoms with van der Waals surface area (Å²) in [6.07, 6.45) is 5.30. The zero-order valence-electron chi connectivity index (χ0n) is 7.17. The topological polar surface area (TPSA) is 43.8 Å². The summed E-state index contributed by atoms with van der Waals surface area (Å²) in [6.45, 7) is 2.17. The van der Waals surface area contributed by atoms with Crippen LogP contribution in [-0.2, 0) is 13.5 Å². The van der Waals surface area contributed by atoms with Gasteiger partial charge in [0.05, 0.1) is 6.20 Å². The van der Waals surface area contributed by atoms with Crippen LogP contribution in [0, 0.1) is 0 Å². The molecule has 0 atom stereocenters. The van der Waals surface area contributed by atoms with E-state index in [1.54, 1.807) is 4.68 Å². The summed E-state index contributed by atoms with van der Waals surface area (Å²) >= 11 is 0. The zero-order valence-corrected chi connectivity index (χ0v) is 7.17. The van der Waals surface area contributed by atoms with Gasteiger partial charge in [0.15, 0.2) is 0 Å². The van der Waals surface area contributed by atoms with Gasteiger partial charge < -0.3 is 5.73 Å². The Morgan fingerprint density at radius 2 is 2.36 bits per heavy atom. The van der Waals surface area contributed by atoms with Crippen molar-refractivity contribution >= 4 is 5.82 Å². The number of rotatable bonds is 3. The molecule has 3 heteroatoms. The van der Waals surface area contributed by atoms with Crippen molar-refractivity contribution < 1.29 is 0 Å². The van der Waals surface area contributed by atoms with Gasteiger partial charge in [0.25, 0.3) is 0 Å². The molecule has 0 fully saturated rings. The molecule has 0 unspecified atom stereocenters. The van der Waals surface area contributed by atoms with Crippen molar-refractivity contribution in [1.29, 1.82) is 0 Å². The highest BCUT2D eigenvalue weighted by Gasteiger charge is 2.02. The maximum absolute atomic E-state index is 5.74. The number of hydrogen-bond acceptors (Lipinski definition) is 2. The van der Waals surface area contributed by atoms with Crippen molar-refractivity contribution in [3.8, 4) is 0 Å². The van der Waals surface area contributed by atoms with E-state index in [-0.39, 0.29) is 0 Å². The van der Waals surface area contributed by atoms with E-state index in [1.807, 2.05) is 13.2 Å².